The van der Waals surface area contributed by atoms with E-state index in [1.165, 1.54) is 24.9 Å². The largest absolute Gasteiger partial charge is 0.415 e. The summed E-state index contributed by atoms with van der Waals surface area (Å²) >= 11 is 0. The zero-order chi connectivity index (χ0) is 7.61. The predicted molar refractivity (Wildman–Crippen MR) is 46.8 cm³/mol. The van der Waals surface area contributed by atoms with Crippen LogP contribution >= 0.6 is 0 Å². The Morgan fingerprint density at radius 2 is 1.60 bits per heavy atom. The molecule has 1 aliphatic rings. The van der Waals surface area contributed by atoms with Gasteiger partial charge in [-0.25, -0.2) is 0 Å². The number of rotatable bonds is 1. The van der Waals surface area contributed by atoms with Crippen molar-refractivity contribution < 1.29 is 4.43 Å². The van der Waals surface area contributed by atoms with Gasteiger partial charge < -0.3 is 4.43 Å². The molecule has 0 saturated carbocycles. The average molecular weight is 158 g/mol. The van der Waals surface area contributed by atoms with Gasteiger partial charge in [0.25, 0.3) is 0 Å². The fourth-order valence-corrected chi connectivity index (χ4v) is 4.52. The highest BCUT2D eigenvalue weighted by molar-refractivity contribution is 6.52. The van der Waals surface area contributed by atoms with E-state index < -0.39 is 9.04 Å². The number of hydrogen-bond donors (Lipinski definition) is 0. The van der Waals surface area contributed by atoms with Crippen molar-refractivity contribution in [3.8, 4) is 0 Å². The van der Waals surface area contributed by atoms with Gasteiger partial charge in [0.1, 0.15) is 0 Å². The Morgan fingerprint density at radius 3 is 2.00 bits per heavy atom. The van der Waals surface area contributed by atoms with E-state index in [1.54, 1.807) is 0 Å². The summed E-state index contributed by atoms with van der Waals surface area (Å²) in [7, 11) is -0.706. The third-order valence-corrected chi connectivity index (χ3v) is 4.97. The van der Waals surface area contributed by atoms with E-state index in [4.69, 9.17) is 4.43 Å². The molecular formula is C8H18OSi. The molecule has 0 amide bonds. The maximum Gasteiger partial charge on any atom is 0.177 e. The summed E-state index contributed by atoms with van der Waals surface area (Å²) in [5.41, 5.74) is 0.126. The van der Waals surface area contributed by atoms with E-state index in [0.717, 1.165) is 0 Å². The molecule has 0 aliphatic carbocycles. The average Bonchev–Trinajstić information content (AvgIpc) is 2.12. The Kier molecular flexibility index (Phi) is 2.53. The molecule has 60 valence electrons. The highest BCUT2D eigenvalue weighted by atomic mass is 28.3. The molecule has 1 aliphatic heterocycles. The standard InChI is InChI=1S/C8H18OSi/c1-8(2,3)9-10-6-4-5-7-10/h10H,4-7H2,1-3H3. The minimum absolute atomic E-state index is 0.126. The van der Waals surface area contributed by atoms with Gasteiger partial charge in [0.2, 0.25) is 0 Å². The van der Waals surface area contributed by atoms with Gasteiger partial charge in [-0.3, -0.25) is 0 Å². The SMILES string of the molecule is CC(C)(C)O[SiH]1CCCC1. The van der Waals surface area contributed by atoms with Gasteiger partial charge in [0, 0.05) is 5.60 Å². The molecule has 1 fully saturated rings. The van der Waals surface area contributed by atoms with Crippen molar-refractivity contribution in [2.75, 3.05) is 0 Å². The molecule has 0 N–H and O–H groups in total. The van der Waals surface area contributed by atoms with Crippen LogP contribution in [0.25, 0.3) is 0 Å². The highest BCUT2D eigenvalue weighted by Gasteiger charge is 2.23. The molecule has 0 unspecified atom stereocenters. The molecule has 0 atom stereocenters. The zero-order valence-corrected chi connectivity index (χ0v) is 8.47. The third-order valence-electron chi connectivity index (χ3n) is 1.82. The van der Waals surface area contributed by atoms with Crippen molar-refractivity contribution in [2.45, 2.75) is 51.3 Å². The van der Waals surface area contributed by atoms with Crippen molar-refractivity contribution in [3.63, 3.8) is 0 Å². The fraction of sp³-hybridized carbons (Fsp3) is 1.00. The highest BCUT2D eigenvalue weighted by Crippen LogP contribution is 2.23. The Hall–Kier alpha value is 0.177. The predicted octanol–water partition coefficient (Wildman–Crippen LogP) is 2.32. The van der Waals surface area contributed by atoms with Crippen LogP contribution < -0.4 is 0 Å². The summed E-state index contributed by atoms with van der Waals surface area (Å²) in [6.45, 7) is 6.50. The summed E-state index contributed by atoms with van der Waals surface area (Å²) in [6.07, 6.45) is 2.85. The van der Waals surface area contributed by atoms with Crippen molar-refractivity contribution in [2.24, 2.45) is 0 Å². The van der Waals surface area contributed by atoms with Crippen LogP contribution in [-0.4, -0.2) is 14.6 Å². The first kappa shape index (κ1) is 8.28. The van der Waals surface area contributed by atoms with Gasteiger partial charge in [-0.05, 0) is 32.9 Å². The van der Waals surface area contributed by atoms with Crippen LogP contribution in [0, 0.1) is 0 Å². The molecule has 0 aromatic rings. The lowest BCUT2D eigenvalue weighted by atomic mass is 10.2. The lowest BCUT2D eigenvalue weighted by Gasteiger charge is -2.24. The second-order valence-electron chi connectivity index (χ2n) is 4.14. The van der Waals surface area contributed by atoms with Crippen LogP contribution in [0.2, 0.25) is 12.1 Å². The Labute approximate surface area is 65.5 Å². The first-order valence-corrected chi connectivity index (χ1v) is 6.36. The van der Waals surface area contributed by atoms with Gasteiger partial charge in [-0.1, -0.05) is 12.8 Å². The quantitative estimate of drug-likeness (QED) is 0.532. The first-order chi connectivity index (χ1) is 4.58. The molecule has 10 heavy (non-hydrogen) atoms. The molecule has 1 heterocycles. The van der Waals surface area contributed by atoms with E-state index in [0.29, 0.717) is 0 Å². The van der Waals surface area contributed by atoms with Crippen molar-refractivity contribution in [1.29, 1.82) is 0 Å². The summed E-state index contributed by atoms with van der Waals surface area (Å²) < 4.78 is 5.94. The van der Waals surface area contributed by atoms with E-state index in [2.05, 4.69) is 20.8 Å². The van der Waals surface area contributed by atoms with Crippen LogP contribution in [0.1, 0.15) is 33.6 Å². The maximum absolute atomic E-state index is 5.94. The molecule has 0 bridgehead atoms. The molecular weight excluding hydrogens is 140 g/mol. The molecule has 1 saturated heterocycles. The van der Waals surface area contributed by atoms with Crippen LogP contribution in [-0.2, 0) is 4.43 Å². The fourth-order valence-electron chi connectivity index (χ4n) is 1.51. The molecule has 0 radical (unpaired) electrons. The summed E-state index contributed by atoms with van der Waals surface area (Å²) in [5.74, 6) is 0. The minimum Gasteiger partial charge on any atom is -0.415 e. The Morgan fingerprint density at radius 1 is 1.10 bits per heavy atom. The Bertz CT molecular complexity index is 100. The second-order valence-corrected chi connectivity index (χ2v) is 6.77. The molecule has 0 aromatic heterocycles. The number of hydrogen-bond acceptors (Lipinski definition) is 1. The molecule has 1 nitrogen and oxygen atoms in total. The van der Waals surface area contributed by atoms with Crippen LogP contribution in [0.3, 0.4) is 0 Å². The lowest BCUT2D eigenvalue weighted by molar-refractivity contribution is 0.129. The lowest BCUT2D eigenvalue weighted by Crippen LogP contribution is -2.28. The Balaban J connectivity index is 2.24. The summed E-state index contributed by atoms with van der Waals surface area (Å²) in [4.78, 5) is 0. The van der Waals surface area contributed by atoms with E-state index in [-0.39, 0.29) is 5.60 Å². The van der Waals surface area contributed by atoms with Crippen molar-refractivity contribution in [1.82, 2.24) is 0 Å². The van der Waals surface area contributed by atoms with Crippen molar-refractivity contribution in [3.05, 3.63) is 0 Å². The van der Waals surface area contributed by atoms with Gasteiger partial charge in [0.15, 0.2) is 9.04 Å². The molecule has 1 rings (SSSR count). The monoisotopic (exact) mass is 158 g/mol. The van der Waals surface area contributed by atoms with Crippen LogP contribution in [0.5, 0.6) is 0 Å². The summed E-state index contributed by atoms with van der Waals surface area (Å²) in [5, 5.41) is 0. The summed E-state index contributed by atoms with van der Waals surface area (Å²) in [6, 6.07) is 2.83. The third kappa shape index (κ3) is 2.84. The molecule has 2 heteroatoms. The maximum atomic E-state index is 5.94. The first-order valence-electron chi connectivity index (χ1n) is 4.26. The molecule has 0 aromatic carbocycles. The van der Waals surface area contributed by atoms with Gasteiger partial charge in [-0.2, -0.15) is 0 Å². The second kappa shape index (κ2) is 3.05. The van der Waals surface area contributed by atoms with E-state index >= 15 is 0 Å². The van der Waals surface area contributed by atoms with Crippen LogP contribution in [0.4, 0.5) is 0 Å². The smallest absolute Gasteiger partial charge is 0.177 e. The van der Waals surface area contributed by atoms with Gasteiger partial charge >= 0.3 is 0 Å². The topological polar surface area (TPSA) is 9.23 Å². The minimum atomic E-state index is -0.706. The van der Waals surface area contributed by atoms with Gasteiger partial charge in [-0.15, -0.1) is 0 Å². The molecule has 0 spiro atoms. The normalized spacial score (nSPS) is 21.9. The van der Waals surface area contributed by atoms with E-state index in [9.17, 15) is 0 Å². The van der Waals surface area contributed by atoms with Crippen LogP contribution in [0.15, 0.2) is 0 Å². The van der Waals surface area contributed by atoms with Crippen molar-refractivity contribution >= 4 is 9.04 Å². The van der Waals surface area contributed by atoms with Gasteiger partial charge in [0.05, 0.1) is 0 Å². The van der Waals surface area contributed by atoms with E-state index in [1.807, 2.05) is 0 Å². The zero-order valence-electron chi connectivity index (χ0n) is 7.31.